The normalized spacial score (nSPS) is 10.1. The number of carbonyl (C=O) groups excluding carboxylic acids is 3. The van der Waals surface area contributed by atoms with Crippen LogP contribution in [0.5, 0.6) is 0 Å². The van der Waals surface area contributed by atoms with Gasteiger partial charge in [-0.3, -0.25) is 14.4 Å². The predicted molar refractivity (Wildman–Crippen MR) is 90.7 cm³/mol. The van der Waals surface area contributed by atoms with E-state index in [1.54, 1.807) is 24.3 Å². The molecule has 0 aliphatic heterocycles. The first-order valence-electron chi connectivity index (χ1n) is 7.89. The van der Waals surface area contributed by atoms with Crippen LogP contribution >= 0.6 is 0 Å². The summed E-state index contributed by atoms with van der Waals surface area (Å²) in [5.41, 5.74) is 1.27. The van der Waals surface area contributed by atoms with Gasteiger partial charge in [0.25, 0.3) is 0 Å². The fraction of sp³-hybridized carbons (Fsp3) is 0.471. The molecule has 7 nitrogen and oxygen atoms in total. The van der Waals surface area contributed by atoms with Gasteiger partial charge in [0, 0.05) is 31.3 Å². The molecule has 1 aromatic carbocycles. The molecule has 0 aliphatic carbocycles. The number of esters is 1. The number of anilines is 2. The fourth-order valence-electron chi connectivity index (χ4n) is 1.84. The first-order valence-corrected chi connectivity index (χ1v) is 7.89. The van der Waals surface area contributed by atoms with Gasteiger partial charge in [-0.25, -0.2) is 0 Å². The van der Waals surface area contributed by atoms with E-state index in [4.69, 9.17) is 9.47 Å². The summed E-state index contributed by atoms with van der Waals surface area (Å²) in [5, 5.41) is 5.45. The second-order valence-corrected chi connectivity index (χ2v) is 5.14. The smallest absolute Gasteiger partial charge is 0.306 e. The summed E-state index contributed by atoms with van der Waals surface area (Å²) in [5.74, 6) is -0.751. The van der Waals surface area contributed by atoms with Gasteiger partial charge >= 0.3 is 5.97 Å². The van der Waals surface area contributed by atoms with Gasteiger partial charge < -0.3 is 20.1 Å². The second kappa shape index (κ2) is 11.2. The fourth-order valence-corrected chi connectivity index (χ4v) is 1.84. The van der Waals surface area contributed by atoms with Gasteiger partial charge in [0.05, 0.1) is 13.0 Å². The molecule has 0 heterocycles. The summed E-state index contributed by atoms with van der Waals surface area (Å²) >= 11 is 0. The van der Waals surface area contributed by atoms with Crippen LogP contribution in [0, 0.1) is 0 Å². The molecule has 1 aromatic rings. The van der Waals surface area contributed by atoms with Gasteiger partial charge in [0.2, 0.25) is 11.8 Å². The van der Waals surface area contributed by atoms with Crippen molar-refractivity contribution in [2.45, 2.75) is 32.6 Å². The van der Waals surface area contributed by atoms with E-state index in [9.17, 15) is 14.4 Å². The maximum Gasteiger partial charge on any atom is 0.306 e. The first-order chi connectivity index (χ1) is 11.5. The van der Waals surface area contributed by atoms with Gasteiger partial charge in [0.15, 0.2) is 0 Å². The van der Waals surface area contributed by atoms with Crippen LogP contribution in [0.15, 0.2) is 24.3 Å². The average Bonchev–Trinajstić information content (AvgIpc) is 2.55. The lowest BCUT2D eigenvalue weighted by molar-refractivity contribution is -0.145. The van der Waals surface area contributed by atoms with E-state index < -0.39 is 5.97 Å². The van der Waals surface area contributed by atoms with Gasteiger partial charge in [-0.05, 0) is 30.7 Å². The summed E-state index contributed by atoms with van der Waals surface area (Å²) < 4.78 is 9.63. The minimum atomic E-state index is -0.434. The standard InChI is InChI=1S/C17H24N2O5/c1-3-4-15(20)18-13-5-7-14(8-6-13)19-16(21)9-10-17(22)24-12-11-23-2/h5-8H,3-4,9-12H2,1-2H3,(H,18,20)(H,19,21). The van der Waals surface area contributed by atoms with Gasteiger partial charge in [-0.15, -0.1) is 0 Å². The average molecular weight is 336 g/mol. The van der Waals surface area contributed by atoms with E-state index in [-0.39, 0.29) is 31.3 Å². The van der Waals surface area contributed by atoms with Crippen LogP contribution in [-0.2, 0) is 23.9 Å². The molecule has 0 atom stereocenters. The van der Waals surface area contributed by atoms with Crippen molar-refractivity contribution >= 4 is 29.2 Å². The van der Waals surface area contributed by atoms with Crippen molar-refractivity contribution in [1.29, 1.82) is 0 Å². The molecule has 2 N–H and O–H groups in total. The molecule has 132 valence electrons. The minimum absolute atomic E-state index is 0.0146. The van der Waals surface area contributed by atoms with Crippen molar-refractivity contribution in [3.63, 3.8) is 0 Å². The third-order valence-electron chi connectivity index (χ3n) is 3.04. The van der Waals surface area contributed by atoms with Crippen LogP contribution in [0.1, 0.15) is 32.6 Å². The highest BCUT2D eigenvalue weighted by Gasteiger charge is 2.08. The molecule has 0 fully saturated rings. The van der Waals surface area contributed by atoms with Crippen molar-refractivity contribution in [3.05, 3.63) is 24.3 Å². The summed E-state index contributed by atoms with van der Waals surface area (Å²) in [4.78, 5) is 34.6. The molecule has 0 aliphatic rings. The predicted octanol–water partition coefficient (Wildman–Crippen LogP) is 2.33. The number of nitrogens with one attached hydrogen (secondary N) is 2. The number of carbonyl (C=O) groups is 3. The Hall–Kier alpha value is -2.41. The van der Waals surface area contributed by atoms with Gasteiger partial charge in [-0.2, -0.15) is 0 Å². The van der Waals surface area contributed by atoms with E-state index >= 15 is 0 Å². The van der Waals surface area contributed by atoms with Crippen molar-refractivity contribution in [2.75, 3.05) is 31.0 Å². The van der Waals surface area contributed by atoms with E-state index in [0.29, 0.717) is 24.4 Å². The van der Waals surface area contributed by atoms with Crippen LogP contribution < -0.4 is 10.6 Å². The summed E-state index contributed by atoms with van der Waals surface area (Å²) in [7, 11) is 1.52. The molecule has 0 saturated carbocycles. The molecule has 0 bridgehead atoms. The Bertz CT molecular complexity index is 542. The van der Waals surface area contributed by atoms with E-state index in [2.05, 4.69) is 10.6 Å². The Morgan fingerprint density at radius 3 is 1.92 bits per heavy atom. The molecular formula is C17H24N2O5. The Balaban J connectivity index is 2.34. The third kappa shape index (κ3) is 8.28. The van der Waals surface area contributed by atoms with Gasteiger partial charge in [0.1, 0.15) is 6.61 Å². The van der Waals surface area contributed by atoms with Crippen LogP contribution in [0.3, 0.4) is 0 Å². The number of methoxy groups -OCH3 is 1. The molecule has 0 unspecified atom stereocenters. The quantitative estimate of drug-likeness (QED) is 0.505. The van der Waals surface area contributed by atoms with E-state index in [1.165, 1.54) is 7.11 Å². The van der Waals surface area contributed by atoms with Crippen molar-refractivity contribution in [3.8, 4) is 0 Å². The Morgan fingerprint density at radius 2 is 1.42 bits per heavy atom. The molecule has 0 radical (unpaired) electrons. The lowest BCUT2D eigenvalue weighted by Gasteiger charge is -2.08. The van der Waals surface area contributed by atoms with Crippen LogP contribution in [-0.4, -0.2) is 38.1 Å². The van der Waals surface area contributed by atoms with Crippen LogP contribution in [0.4, 0.5) is 11.4 Å². The number of hydrogen-bond donors (Lipinski definition) is 2. The summed E-state index contributed by atoms with van der Waals surface area (Å²) in [6.07, 6.45) is 1.31. The highest BCUT2D eigenvalue weighted by Crippen LogP contribution is 2.14. The molecule has 0 aromatic heterocycles. The number of hydrogen-bond acceptors (Lipinski definition) is 5. The SMILES string of the molecule is CCCC(=O)Nc1ccc(NC(=O)CCC(=O)OCCOC)cc1. The number of benzene rings is 1. The minimum Gasteiger partial charge on any atom is -0.463 e. The third-order valence-corrected chi connectivity index (χ3v) is 3.04. The molecule has 1 rings (SSSR count). The summed E-state index contributed by atoms with van der Waals surface area (Å²) in [6.45, 7) is 2.45. The number of ether oxygens (including phenoxy) is 2. The molecule has 0 spiro atoms. The number of amides is 2. The maximum atomic E-state index is 11.8. The van der Waals surface area contributed by atoms with Crippen molar-refractivity contribution in [2.24, 2.45) is 0 Å². The molecule has 7 heteroatoms. The lowest BCUT2D eigenvalue weighted by atomic mass is 10.2. The summed E-state index contributed by atoms with van der Waals surface area (Å²) in [6, 6.07) is 6.80. The Kier molecular flexibility index (Phi) is 9.14. The van der Waals surface area contributed by atoms with E-state index in [0.717, 1.165) is 6.42 Å². The monoisotopic (exact) mass is 336 g/mol. The Labute approximate surface area is 141 Å². The highest BCUT2D eigenvalue weighted by atomic mass is 16.6. The zero-order valence-electron chi connectivity index (χ0n) is 14.1. The zero-order chi connectivity index (χ0) is 17.8. The first kappa shape index (κ1) is 19.6. The molecule has 24 heavy (non-hydrogen) atoms. The van der Waals surface area contributed by atoms with Crippen LogP contribution in [0.2, 0.25) is 0 Å². The number of rotatable bonds is 10. The lowest BCUT2D eigenvalue weighted by Crippen LogP contribution is -2.16. The zero-order valence-corrected chi connectivity index (χ0v) is 14.1. The van der Waals surface area contributed by atoms with Crippen molar-refractivity contribution in [1.82, 2.24) is 0 Å². The van der Waals surface area contributed by atoms with Crippen LogP contribution in [0.25, 0.3) is 0 Å². The molecule has 0 saturated heterocycles. The molecular weight excluding hydrogens is 312 g/mol. The topological polar surface area (TPSA) is 93.7 Å². The maximum absolute atomic E-state index is 11.8. The highest BCUT2D eigenvalue weighted by molar-refractivity contribution is 5.93. The second-order valence-electron chi connectivity index (χ2n) is 5.14. The molecule has 2 amide bonds. The Morgan fingerprint density at radius 1 is 0.875 bits per heavy atom. The van der Waals surface area contributed by atoms with E-state index in [1.807, 2.05) is 6.92 Å². The van der Waals surface area contributed by atoms with Gasteiger partial charge in [-0.1, -0.05) is 6.92 Å². The largest absolute Gasteiger partial charge is 0.463 e. The van der Waals surface area contributed by atoms with Crippen molar-refractivity contribution < 1.29 is 23.9 Å².